The molecular weight excluding hydrogens is 394 g/mol. The molecule has 0 aliphatic heterocycles. The summed E-state index contributed by atoms with van der Waals surface area (Å²) in [6.07, 6.45) is 0. The van der Waals surface area contributed by atoms with Crippen LogP contribution in [-0.2, 0) is 6.61 Å². The van der Waals surface area contributed by atoms with E-state index in [1.807, 2.05) is 79.7 Å². The first-order valence-corrected chi connectivity index (χ1v) is 10.4. The molecule has 2 aromatic heterocycles. The van der Waals surface area contributed by atoms with Crippen molar-refractivity contribution < 1.29 is 9.53 Å². The Bertz CT molecular complexity index is 1360. The second kappa shape index (κ2) is 7.65. The Labute approximate surface area is 177 Å². The molecule has 0 aliphatic rings. The van der Waals surface area contributed by atoms with Crippen molar-refractivity contribution >= 4 is 44.1 Å². The van der Waals surface area contributed by atoms with Crippen LogP contribution in [0.2, 0.25) is 0 Å². The van der Waals surface area contributed by atoms with E-state index in [-0.39, 0.29) is 5.91 Å². The van der Waals surface area contributed by atoms with Crippen molar-refractivity contribution in [1.82, 2.24) is 9.97 Å². The molecule has 0 bridgehead atoms. The highest BCUT2D eigenvalue weighted by Crippen LogP contribution is 2.26. The Morgan fingerprint density at radius 1 is 1.07 bits per heavy atom. The lowest BCUT2D eigenvalue weighted by Gasteiger charge is -2.06. The lowest BCUT2D eigenvalue weighted by molar-refractivity contribution is 0.102. The number of thiazole rings is 1. The SMILES string of the molecule is Cc1nc2cc(NC(=O)c3cc4ccc(OCc5ccccc5)cc4[nH]3)ccc2s1. The summed E-state index contributed by atoms with van der Waals surface area (Å²) in [6.45, 7) is 2.48. The van der Waals surface area contributed by atoms with E-state index in [0.29, 0.717) is 12.3 Å². The molecule has 5 nitrogen and oxygen atoms in total. The van der Waals surface area contributed by atoms with E-state index >= 15 is 0 Å². The van der Waals surface area contributed by atoms with Crippen molar-refractivity contribution in [1.29, 1.82) is 0 Å². The van der Waals surface area contributed by atoms with E-state index in [1.165, 1.54) is 0 Å². The minimum atomic E-state index is -0.191. The van der Waals surface area contributed by atoms with E-state index in [9.17, 15) is 4.79 Å². The molecule has 0 saturated heterocycles. The van der Waals surface area contributed by atoms with E-state index in [4.69, 9.17) is 4.74 Å². The summed E-state index contributed by atoms with van der Waals surface area (Å²) in [5.41, 5.74) is 4.09. The molecule has 3 aromatic carbocycles. The monoisotopic (exact) mass is 413 g/mol. The molecule has 0 spiro atoms. The van der Waals surface area contributed by atoms with E-state index in [2.05, 4.69) is 15.3 Å². The van der Waals surface area contributed by atoms with Gasteiger partial charge in [0.2, 0.25) is 0 Å². The number of rotatable bonds is 5. The van der Waals surface area contributed by atoms with Crippen molar-refractivity contribution in [3.8, 4) is 5.75 Å². The molecule has 0 radical (unpaired) electrons. The fourth-order valence-corrected chi connectivity index (χ4v) is 4.19. The van der Waals surface area contributed by atoms with Gasteiger partial charge in [-0.1, -0.05) is 30.3 Å². The molecule has 2 N–H and O–H groups in total. The summed E-state index contributed by atoms with van der Waals surface area (Å²) < 4.78 is 6.99. The maximum atomic E-state index is 12.7. The van der Waals surface area contributed by atoms with E-state index in [1.54, 1.807) is 11.3 Å². The summed E-state index contributed by atoms with van der Waals surface area (Å²) >= 11 is 1.64. The van der Waals surface area contributed by atoms with Gasteiger partial charge in [0.1, 0.15) is 18.1 Å². The molecule has 2 heterocycles. The van der Waals surface area contributed by atoms with Gasteiger partial charge in [0, 0.05) is 22.7 Å². The number of carbonyl (C=O) groups excluding carboxylic acids is 1. The fourth-order valence-electron chi connectivity index (χ4n) is 3.38. The van der Waals surface area contributed by atoms with Gasteiger partial charge in [-0.15, -0.1) is 11.3 Å². The first kappa shape index (κ1) is 18.4. The van der Waals surface area contributed by atoms with Gasteiger partial charge in [-0.05, 0) is 48.9 Å². The second-order valence-corrected chi connectivity index (χ2v) is 8.31. The van der Waals surface area contributed by atoms with Crippen LogP contribution in [0.1, 0.15) is 21.1 Å². The molecule has 30 heavy (non-hydrogen) atoms. The zero-order chi connectivity index (χ0) is 20.5. The number of carbonyl (C=O) groups is 1. The number of hydrogen-bond acceptors (Lipinski definition) is 4. The number of aryl methyl sites for hydroxylation is 1. The summed E-state index contributed by atoms with van der Waals surface area (Å²) in [5, 5.41) is 4.91. The summed E-state index contributed by atoms with van der Waals surface area (Å²) in [6, 6.07) is 23.4. The number of benzene rings is 3. The molecule has 5 rings (SSSR count). The first-order chi connectivity index (χ1) is 14.6. The lowest BCUT2D eigenvalue weighted by atomic mass is 10.2. The summed E-state index contributed by atoms with van der Waals surface area (Å²) in [4.78, 5) is 20.4. The van der Waals surface area contributed by atoms with Gasteiger partial charge in [0.15, 0.2) is 0 Å². The van der Waals surface area contributed by atoms with Gasteiger partial charge in [-0.2, -0.15) is 0 Å². The average Bonchev–Trinajstić information content (AvgIpc) is 3.34. The van der Waals surface area contributed by atoms with Crippen LogP contribution < -0.4 is 10.1 Å². The van der Waals surface area contributed by atoms with Gasteiger partial charge >= 0.3 is 0 Å². The molecule has 5 aromatic rings. The number of hydrogen-bond donors (Lipinski definition) is 2. The standard InChI is InChI=1S/C24H19N3O2S/c1-15-25-21-12-18(8-10-23(21)30-15)26-24(28)22-11-17-7-9-19(13-20(17)27-22)29-14-16-5-3-2-4-6-16/h2-13,27H,14H2,1H3,(H,26,28). The second-order valence-electron chi connectivity index (χ2n) is 7.08. The number of aromatic nitrogens is 2. The first-order valence-electron chi connectivity index (χ1n) is 9.62. The van der Waals surface area contributed by atoms with E-state index < -0.39 is 0 Å². The predicted octanol–water partition coefficient (Wildman–Crippen LogP) is 5.92. The zero-order valence-electron chi connectivity index (χ0n) is 16.3. The van der Waals surface area contributed by atoms with Crippen LogP contribution in [0.3, 0.4) is 0 Å². The van der Waals surface area contributed by atoms with Crippen molar-refractivity contribution in [3.05, 3.63) is 89.1 Å². The molecule has 0 saturated carbocycles. The van der Waals surface area contributed by atoms with Crippen LogP contribution in [0, 0.1) is 6.92 Å². The minimum Gasteiger partial charge on any atom is -0.489 e. The van der Waals surface area contributed by atoms with Gasteiger partial charge < -0.3 is 15.0 Å². The average molecular weight is 414 g/mol. The summed E-state index contributed by atoms with van der Waals surface area (Å²) in [7, 11) is 0. The Kier molecular flexibility index (Phi) is 4.69. The lowest BCUT2D eigenvalue weighted by Crippen LogP contribution is -2.12. The molecule has 6 heteroatoms. The van der Waals surface area contributed by atoms with Gasteiger partial charge in [0.05, 0.1) is 15.2 Å². The Morgan fingerprint density at radius 2 is 1.93 bits per heavy atom. The number of anilines is 1. The molecule has 0 atom stereocenters. The maximum absolute atomic E-state index is 12.7. The largest absolute Gasteiger partial charge is 0.489 e. The molecular formula is C24H19N3O2S. The third kappa shape index (κ3) is 3.77. The molecule has 0 unspecified atom stereocenters. The van der Waals surface area contributed by atoms with Crippen LogP contribution in [0.5, 0.6) is 5.75 Å². The van der Waals surface area contributed by atoms with Gasteiger partial charge in [-0.3, -0.25) is 4.79 Å². The fraction of sp³-hybridized carbons (Fsp3) is 0.0833. The van der Waals surface area contributed by atoms with Crippen molar-refractivity contribution in [2.75, 3.05) is 5.32 Å². The smallest absolute Gasteiger partial charge is 0.272 e. The van der Waals surface area contributed by atoms with Crippen molar-refractivity contribution in [2.24, 2.45) is 0 Å². The zero-order valence-corrected chi connectivity index (χ0v) is 17.1. The number of amides is 1. The highest BCUT2D eigenvalue weighted by molar-refractivity contribution is 7.18. The number of ether oxygens (including phenoxy) is 1. The highest BCUT2D eigenvalue weighted by Gasteiger charge is 2.11. The number of nitrogens with one attached hydrogen (secondary N) is 2. The Morgan fingerprint density at radius 3 is 2.80 bits per heavy atom. The van der Waals surface area contributed by atoms with Gasteiger partial charge in [-0.25, -0.2) is 4.98 Å². The minimum absolute atomic E-state index is 0.191. The van der Waals surface area contributed by atoms with Gasteiger partial charge in [0.25, 0.3) is 5.91 Å². The number of H-pyrrole nitrogens is 1. The van der Waals surface area contributed by atoms with Crippen LogP contribution in [-0.4, -0.2) is 15.9 Å². The number of aromatic amines is 1. The molecule has 1 amide bonds. The highest BCUT2D eigenvalue weighted by atomic mass is 32.1. The topological polar surface area (TPSA) is 67.0 Å². The normalized spacial score (nSPS) is 11.1. The number of nitrogens with zero attached hydrogens (tertiary/aromatic N) is 1. The quantitative estimate of drug-likeness (QED) is 0.376. The third-order valence-corrected chi connectivity index (χ3v) is 5.79. The van der Waals surface area contributed by atoms with Crippen LogP contribution in [0.25, 0.3) is 21.1 Å². The number of fused-ring (bicyclic) bond motifs is 2. The Balaban J connectivity index is 1.32. The predicted molar refractivity (Wildman–Crippen MR) is 121 cm³/mol. The molecule has 0 fully saturated rings. The summed E-state index contributed by atoms with van der Waals surface area (Å²) in [5.74, 6) is 0.564. The molecule has 148 valence electrons. The van der Waals surface area contributed by atoms with Crippen LogP contribution in [0.4, 0.5) is 5.69 Å². The van der Waals surface area contributed by atoms with Crippen molar-refractivity contribution in [3.63, 3.8) is 0 Å². The van der Waals surface area contributed by atoms with E-state index in [0.717, 1.165) is 43.1 Å². The van der Waals surface area contributed by atoms with Crippen LogP contribution in [0.15, 0.2) is 72.8 Å². The maximum Gasteiger partial charge on any atom is 0.272 e. The molecule has 0 aliphatic carbocycles. The van der Waals surface area contributed by atoms with Crippen LogP contribution >= 0.6 is 11.3 Å². The van der Waals surface area contributed by atoms with Crippen molar-refractivity contribution in [2.45, 2.75) is 13.5 Å². The third-order valence-electron chi connectivity index (χ3n) is 4.84. The Hall–Kier alpha value is -3.64.